The van der Waals surface area contributed by atoms with Gasteiger partial charge < -0.3 is 20.5 Å². The van der Waals surface area contributed by atoms with E-state index in [1.165, 1.54) is 4.88 Å². The molecular formula is C19H32IN7OS. The molecule has 2 rings (SSSR count). The molecule has 10 heteroatoms. The summed E-state index contributed by atoms with van der Waals surface area (Å²) in [6, 6.07) is 4.20. The Labute approximate surface area is 194 Å². The molecular weight excluding hydrogens is 501 g/mol. The van der Waals surface area contributed by atoms with Crippen LogP contribution in [0.1, 0.15) is 51.4 Å². The normalized spacial score (nSPS) is 12.8. The molecule has 29 heavy (non-hydrogen) atoms. The number of carbonyl (C=O) groups excluding carboxylic acids is 1. The van der Waals surface area contributed by atoms with Crippen molar-refractivity contribution in [1.29, 1.82) is 0 Å². The van der Waals surface area contributed by atoms with Crippen molar-refractivity contribution in [3.63, 3.8) is 0 Å². The summed E-state index contributed by atoms with van der Waals surface area (Å²) in [5, 5.41) is 19.7. The zero-order valence-corrected chi connectivity index (χ0v) is 20.9. The van der Waals surface area contributed by atoms with E-state index in [0.717, 1.165) is 18.8 Å². The third-order valence-corrected chi connectivity index (χ3v) is 4.93. The van der Waals surface area contributed by atoms with Gasteiger partial charge in [-0.1, -0.05) is 13.0 Å². The van der Waals surface area contributed by atoms with Crippen LogP contribution in [0, 0.1) is 0 Å². The fourth-order valence-corrected chi connectivity index (χ4v) is 3.34. The van der Waals surface area contributed by atoms with Crippen molar-refractivity contribution in [2.45, 2.75) is 59.2 Å². The van der Waals surface area contributed by atoms with Crippen LogP contribution in [0.2, 0.25) is 0 Å². The van der Waals surface area contributed by atoms with E-state index in [0.29, 0.717) is 12.5 Å². The van der Waals surface area contributed by atoms with Gasteiger partial charge in [-0.2, -0.15) is 0 Å². The molecule has 3 N–H and O–H groups in total. The molecule has 0 aliphatic rings. The molecule has 162 valence electrons. The Hall–Kier alpha value is -1.69. The molecule has 0 aliphatic carbocycles. The summed E-state index contributed by atoms with van der Waals surface area (Å²) in [7, 11) is 0. The molecule has 0 spiro atoms. The summed E-state index contributed by atoms with van der Waals surface area (Å²) in [5.41, 5.74) is -0.275. The van der Waals surface area contributed by atoms with Crippen molar-refractivity contribution in [3.8, 4) is 0 Å². The van der Waals surface area contributed by atoms with E-state index < -0.39 is 0 Å². The van der Waals surface area contributed by atoms with Crippen LogP contribution in [0.25, 0.3) is 0 Å². The van der Waals surface area contributed by atoms with Crippen molar-refractivity contribution in [2.75, 3.05) is 13.1 Å². The highest BCUT2D eigenvalue weighted by Crippen LogP contribution is 2.17. The smallest absolute Gasteiger partial charge is 0.242 e. The zero-order chi connectivity index (χ0) is 20.6. The molecule has 2 aromatic heterocycles. The number of nitrogens with zero attached hydrogens (tertiary/aromatic N) is 4. The number of halogens is 1. The topological polar surface area (TPSA) is 96.2 Å². The van der Waals surface area contributed by atoms with E-state index in [4.69, 9.17) is 0 Å². The minimum atomic E-state index is -0.275. The van der Waals surface area contributed by atoms with Gasteiger partial charge >= 0.3 is 0 Å². The zero-order valence-electron chi connectivity index (χ0n) is 17.7. The van der Waals surface area contributed by atoms with Gasteiger partial charge in [-0.3, -0.25) is 4.79 Å². The Morgan fingerprint density at radius 1 is 1.38 bits per heavy atom. The lowest BCUT2D eigenvalue weighted by molar-refractivity contribution is -0.121. The van der Waals surface area contributed by atoms with Gasteiger partial charge in [-0.05, 0) is 39.1 Å². The first-order valence-corrected chi connectivity index (χ1v) is 10.4. The number of carbonyl (C=O) groups is 1. The maximum atomic E-state index is 12.1. The summed E-state index contributed by atoms with van der Waals surface area (Å²) in [4.78, 5) is 17.8. The number of aryl methyl sites for hydroxylation is 1. The van der Waals surface area contributed by atoms with Crippen LogP contribution in [0.5, 0.6) is 0 Å². The molecule has 1 amide bonds. The highest BCUT2D eigenvalue weighted by Gasteiger charge is 2.14. The van der Waals surface area contributed by atoms with E-state index >= 15 is 0 Å². The first-order valence-electron chi connectivity index (χ1n) is 9.54. The monoisotopic (exact) mass is 533 g/mol. The van der Waals surface area contributed by atoms with Gasteiger partial charge in [0.2, 0.25) is 5.91 Å². The molecule has 0 bridgehead atoms. The molecule has 0 aliphatic heterocycles. The van der Waals surface area contributed by atoms with Crippen LogP contribution >= 0.6 is 35.3 Å². The Kier molecular flexibility index (Phi) is 10.6. The Morgan fingerprint density at radius 2 is 2.14 bits per heavy atom. The largest absolute Gasteiger partial charge is 0.355 e. The second-order valence-corrected chi connectivity index (χ2v) is 8.54. The molecule has 0 saturated carbocycles. The van der Waals surface area contributed by atoms with Crippen molar-refractivity contribution in [3.05, 3.63) is 34.5 Å². The van der Waals surface area contributed by atoms with Gasteiger partial charge in [0.05, 0.1) is 6.04 Å². The first kappa shape index (κ1) is 25.3. The quantitative estimate of drug-likeness (QED) is 0.276. The summed E-state index contributed by atoms with van der Waals surface area (Å²) in [5.74, 6) is 1.45. The lowest BCUT2D eigenvalue weighted by Gasteiger charge is -2.21. The minimum Gasteiger partial charge on any atom is -0.355 e. The van der Waals surface area contributed by atoms with Crippen LogP contribution in [-0.2, 0) is 17.8 Å². The number of nitrogens with one attached hydrogen (secondary N) is 3. The maximum Gasteiger partial charge on any atom is 0.242 e. The third-order valence-electron chi connectivity index (χ3n) is 3.88. The van der Waals surface area contributed by atoms with E-state index in [9.17, 15) is 4.79 Å². The van der Waals surface area contributed by atoms with Gasteiger partial charge in [0, 0.05) is 29.9 Å². The van der Waals surface area contributed by atoms with E-state index in [-0.39, 0.29) is 48.0 Å². The lowest BCUT2D eigenvalue weighted by Crippen LogP contribution is -2.44. The second kappa shape index (κ2) is 12.1. The molecule has 0 aromatic carbocycles. The molecule has 0 saturated heterocycles. The van der Waals surface area contributed by atoms with Gasteiger partial charge in [0.1, 0.15) is 18.7 Å². The van der Waals surface area contributed by atoms with Crippen molar-refractivity contribution >= 4 is 47.2 Å². The minimum absolute atomic E-state index is 0. The van der Waals surface area contributed by atoms with E-state index in [1.54, 1.807) is 17.7 Å². The maximum absolute atomic E-state index is 12.1. The average molecular weight is 533 g/mol. The number of thiophene rings is 1. The molecule has 1 atom stereocenters. The van der Waals surface area contributed by atoms with Crippen molar-refractivity contribution in [1.82, 2.24) is 30.7 Å². The predicted octanol–water partition coefficient (Wildman–Crippen LogP) is 2.73. The Morgan fingerprint density at radius 3 is 2.76 bits per heavy atom. The number of rotatable bonds is 8. The number of hydrogen-bond acceptors (Lipinski definition) is 5. The first-order chi connectivity index (χ1) is 13.3. The summed E-state index contributed by atoms with van der Waals surface area (Å²) in [6.45, 7) is 11.4. The number of aliphatic imine (C=N–C) groups is 1. The van der Waals surface area contributed by atoms with Gasteiger partial charge in [-0.15, -0.1) is 45.5 Å². The summed E-state index contributed by atoms with van der Waals surface area (Å²) in [6.07, 6.45) is 2.57. The van der Waals surface area contributed by atoms with Crippen molar-refractivity contribution < 1.29 is 4.79 Å². The average Bonchev–Trinajstić information content (AvgIpc) is 3.29. The molecule has 0 radical (unpaired) electrons. The molecule has 2 heterocycles. The number of amides is 1. The van der Waals surface area contributed by atoms with Crippen molar-refractivity contribution in [2.24, 2.45) is 4.99 Å². The van der Waals surface area contributed by atoms with Gasteiger partial charge in [0.15, 0.2) is 5.96 Å². The Bertz CT molecular complexity index is 768. The fraction of sp³-hybridized carbons (Fsp3) is 0.579. The van der Waals surface area contributed by atoms with Crippen LogP contribution in [-0.4, -0.2) is 45.3 Å². The summed E-state index contributed by atoms with van der Waals surface area (Å²) < 4.78 is 2.01. The summed E-state index contributed by atoms with van der Waals surface area (Å²) >= 11 is 1.69. The second-order valence-electron chi connectivity index (χ2n) is 7.57. The standard InChI is InChI=1S/C19H31N7OS.HI/c1-6-16-25-22-13-26(16)10-9-20-18(21-12-17(27)24-19(3,4)5)23-14(2)15-8-7-11-28-15;/h7-8,11,13-14H,6,9-10,12H2,1-5H3,(H,24,27)(H2,20,21,23);1H. The molecule has 1 unspecified atom stereocenters. The predicted molar refractivity (Wildman–Crippen MR) is 129 cm³/mol. The van der Waals surface area contributed by atoms with Crippen LogP contribution in [0.15, 0.2) is 28.8 Å². The molecule has 0 fully saturated rings. The molecule has 8 nitrogen and oxygen atoms in total. The van der Waals surface area contributed by atoms with Gasteiger partial charge in [-0.25, -0.2) is 4.99 Å². The highest BCUT2D eigenvalue weighted by molar-refractivity contribution is 14.0. The third kappa shape index (κ3) is 9.11. The highest BCUT2D eigenvalue weighted by atomic mass is 127. The number of hydrogen-bond donors (Lipinski definition) is 3. The molecule has 2 aromatic rings. The SMILES string of the molecule is CCc1nncn1CCNC(=NCC(=O)NC(C)(C)C)NC(C)c1cccs1.I. The van der Waals surface area contributed by atoms with Crippen LogP contribution in [0.3, 0.4) is 0 Å². The number of aromatic nitrogens is 3. The van der Waals surface area contributed by atoms with Crippen LogP contribution < -0.4 is 16.0 Å². The van der Waals surface area contributed by atoms with E-state index in [1.807, 2.05) is 36.8 Å². The Balaban J connectivity index is 0.00000420. The fourth-order valence-electron chi connectivity index (χ4n) is 2.61. The number of guanidine groups is 1. The van der Waals surface area contributed by atoms with Crippen LogP contribution in [0.4, 0.5) is 0 Å². The lowest BCUT2D eigenvalue weighted by atomic mass is 10.1. The van der Waals surface area contributed by atoms with Gasteiger partial charge in [0.25, 0.3) is 0 Å². The van der Waals surface area contributed by atoms with E-state index in [2.05, 4.69) is 51.1 Å².